The van der Waals surface area contributed by atoms with Gasteiger partial charge in [-0.3, -0.25) is 14.9 Å². The fraction of sp³-hybridized carbons (Fsp3) is 0.214. The summed E-state index contributed by atoms with van der Waals surface area (Å²) in [6.45, 7) is 1.45. The van der Waals surface area contributed by atoms with Crippen molar-refractivity contribution >= 4 is 28.2 Å². The second kappa shape index (κ2) is 6.36. The van der Waals surface area contributed by atoms with Crippen LogP contribution in [0, 0.1) is 0 Å². The molecule has 0 spiro atoms. The zero-order valence-electron chi connectivity index (χ0n) is 11.8. The van der Waals surface area contributed by atoms with E-state index >= 15 is 0 Å². The third-order valence-electron chi connectivity index (χ3n) is 2.73. The summed E-state index contributed by atoms with van der Waals surface area (Å²) in [6.07, 6.45) is 1.44. The molecule has 0 radical (unpaired) electrons. The lowest BCUT2D eigenvalue weighted by Crippen LogP contribution is -2.13. The number of aromatic nitrogens is 1. The molecular formula is C14H14N2O4S. The first kappa shape index (κ1) is 15.0. The van der Waals surface area contributed by atoms with Gasteiger partial charge in [-0.05, 0) is 12.1 Å². The fourth-order valence-corrected chi connectivity index (χ4v) is 2.35. The summed E-state index contributed by atoms with van der Waals surface area (Å²) < 4.78 is 10.3. The van der Waals surface area contributed by atoms with E-state index in [1.807, 2.05) is 0 Å². The van der Waals surface area contributed by atoms with Crippen molar-refractivity contribution in [3.8, 4) is 11.5 Å². The smallest absolute Gasteiger partial charge is 0.261 e. The Morgan fingerprint density at radius 3 is 2.57 bits per heavy atom. The molecular weight excluding hydrogens is 292 g/mol. The lowest BCUT2D eigenvalue weighted by molar-refractivity contribution is 0.101. The van der Waals surface area contributed by atoms with Crippen LogP contribution in [0.1, 0.15) is 27.0 Å². The van der Waals surface area contributed by atoms with Gasteiger partial charge in [0.15, 0.2) is 10.9 Å². The van der Waals surface area contributed by atoms with E-state index in [2.05, 4.69) is 10.3 Å². The van der Waals surface area contributed by atoms with Crippen LogP contribution >= 0.6 is 11.3 Å². The largest absolute Gasteiger partial charge is 0.497 e. The van der Waals surface area contributed by atoms with E-state index in [9.17, 15) is 9.59 Å². The molecule has 110 valence electrons. The summed E-state index contributed by atoms with van der Waals surface area (Å²) in [7, 11) is 3.01. The minimum absolute atomic E-state index is 0.0879. The van der Waals surface area contributed by atoms with E-state index in [0.717, 1.165) is 11.3 Å². The van der Waals surface area contributed by atoms with Crippen LogP contribution in [0.25, 0.3) is 0 Å². The summed E-state index contributed by atoms with van der Waals surface area (Å²) >= 11 is 1.13. The number of hydrogen-bond acceptors (Lipinski definition) is 6. The highest BCUT2D eigenvalue weighted by Gasteiger charge is 2.15. The van der Waals surface area contributed by atoms with E-state index in [4.69, 9.17) is 9.47 Å². The highest BCUT2D eigenvalue weighted by molar-refractivity contribution is 7.17. The molecule has 1 amide bonds. The van der Waals surface area contributed by atoms with Gasteiger partial charge < -0.3 is 9.47 Å². The number of anilines is 1. The number of carbonyl (C=O) groups excluding carboxylic acids is 2. The van der Waals surface area contributed by atoms with Crippen LogP contribution < -0.4 is 14.8 Å². The van der Waals surface area contributed by atoms with Gasteiger partial charge in [0.2, 0.25) is 0 Å². The minimum Gasteiger partial charge on any atom is -0.497 e. The SMILES string of the molecule is COc1ccc(C(=O)Nc2ncc(C(C)=O)s2)c(OC)c1. The molecule has 0 aliphatic carbocycles. The molecule has 1 aromatic heterocycles. The molecule has 1 N–H and O–H groups in total. The third kappa shape index (κ3) is 3.38. The number of methoxy groups -OCH3 is 2. The summed E-state index contributed by atoms with van der Waals surface area (Å²) in [4.78, 5) is 27.9. The Hall–Kier alpha value is -2.41. The molecule has 6 nitrogen and oxygen atoms in total. The normalized spacial score (nSPS) is 10.0. The number of ether oxygens (including phenoxy) is 2. The van der Waals surface area contributed by atoms with Gasteiger partial charge in [0.1, 0.15) is 11.5 Å². The van der Waals surface area contributed by atoms with E-state index in [0.29, 0.717) is 27.1 Å². The van der Waals surface area contributed by atoms with Crippen LogP contribution in [0.2, 0.25) is 0 Å². The monoisotopic (exact) mass is 306 g/mol. The number of rotatable bonds is 5. The third-order valence-corrected chi connectivity index (χ3v) is 3.74. The van der Waals surface area contributed by atoms with Crippen LogP contribution in [0.15, 0.2) is 24.4 Å². The molecule has 2 rings (SSSR count). The lowest BCUT2D eigenvalue weighted by atomic mass is 10.2. The van der Waals surface area contributed by atoms with Gasteiger partial charge >= 0.3 is 0 Å². The molecule has 1 heterocycles. The second-order valence-corrected chi connectivity index (χ2v) is 5.14. The highest BCUT2D eigenvalue weighted by atomic mass is 32.1. The number of amides is 1. The maximum absolute atomic E-state index is 12.2. The first-order chi connectivity index (χ1) is 10.0. The van der Waals surface area contributed by atoms with Crippen molar-refractivity contribution in [3.05, 3.63) is 34.8 Å². The Kier molecular flexibility index (Phi) is 4.54. The number of hydrogen-bond donors (Lipinski definition) is 1. The Labute approximate surface area is 125 Å². The predicted octanol–water partition coefficient (Wildman–Crippen LogP) is 2.62. The van der Waals surface area contributed by atoms with Gasteiger partial charge in [0, 0.05) is 13.0 Å². The first-order valence-corrected chi connectivity index (χ1v) is 6.87. The Balaban J connectivity index is 2.21. The van der Waals surface area contributed by atoms with Crippen LogP contribution in [0.4, 0.5) is 5.13 Å². The molecule has 0 fully saturated rings. The standard InChI is InChI=1S/C14H14N2O4S/c1-8(17)12-7-15-14(21-12)16-13(18)10-5-4-9(19-2)6-11(10)20-3/h4-7H,1-3H3,(H,15,16,18). The Morgan fingerprint density at radius 1 is 1.24 bits per heavy atom. The average molecular weight is 306 g/mol. The predicted molar refractivity (Wildman–Crippen MR) is 79.6 cm³/mol. The molecule has 7 heteroatoms. The number of carbonyl (C=O) groups is 2. The topological polar surface area (TPSA) is 77.5 Å². The summed E-state index contributed by atoms with van der Waals surface area (Å²) in [5, 5.41) is 3.01. The molecule has 0 saturated heterocycles. The lowest BCUT2D eigenvalue weighted by Gasteiger charge is -2.09. The molecule has 0 bridgehead atoms. The van der Waals surface area contributed by atoms with Crippen LogP contribution in [-0.2, 0) is 0 Å². The zero-order chi connectivity index (χ0) is 15.4. The zero-order valence-corrected chi connectivity index (χ0v) is 12.6. The molecule has 0 unspecified atom stereocenters. The highest BCUT2D eigenvalue weighted by Crippen LogP contribution is 2.26. The van der Waals surface area contributed by atoms with Crippen molar-refractivity contribution in [2.75, 3.05) is 19.5 Å². The molecule has 0 aliphatic heterocycles. The number of ketones is 1. The van der Waals surface area contributed by atoms with Crippen molar-refractivity contribution in [2.24, 2.45) is 0 Å². The summed E-state index contributed by atoms with van der Waals surface area (Å²) in [5.74, 6) is 0.542. The van der Waals surface area contributed by atoms with E-state index in [1.165, 1.54) is 27.3 Å². The van der Waals surface area contributed by atoms with Crippen LogP contribution in [0.5, 0.6) is 11.5 Å². The number of Topliss-reactive ketones (excluding diaryl/α,β-unsaturated/α-hetero) is 1. The van der Waals surface area contributed by atoms with Crippen LogP contribution in [-0.4, -0.2) is 30.9 Å². The average Bonchev–Trinajstić information content (AvgIpc) is 2.95. The van der Waals surface area contributed by atoms with Gasteiger partial charge in [0.25, 0.3) is 5.91 Å². The number of nitrogens with one attached hydrogen (secondary N) is 1. The van der Waals surface area contributed by atoms with Crippen molar-refractivity contribution in [1.82, 2.24) is 4.98 Å². The van der Waals surface area contributed by atoms with Crippen molar-refractivity contribution in [3.63, 3.8) is 0 Å². The molecule has 21 heavy (non-hydrogen) atoms. The van der Waals surface area contributed by atoms with Gasteiger partial charge in [-0.25, -0.2) is 4.98 Å². The minimum atomic E-state index is -0.362. The molecule has 1 aromatic carbocycles. The quantitative estimate of drug-likeness (QED) is 0.859. The van der Waals surface area contributed by atoms with E-state index in [1.54, 1.807) is 18.2 Å². The van der Waals surface area contributed by atoms with Gasteiger partial charge in [-0.2, -0.15) is 0 Å². The second-order valence-electron chi connectivity index (χ2n) is 4.11. The molecule has 2 aromatic rings. The van der Waals surface area contributed by atoms with E-state index < -0.39 is 0 Å². The first-order valence-electron chi connectivity index (χ1n) is 6.05. The maximum atomic E-state index is 12.2. The van der Waals surface area contributed by atoms with Crippen LogP contribution in [0.3, 0.4) is 0 Å². The number of nitrogens with zero attached hydrogens (tertiary/aromatic N) is 1. The van der Waals surface area contributed by atoms with Gasteiger partial charge in [-0.15, -0.1) is 0 Å². The summed E-state index contributed by atoms with van der Waals surface area (Å²) in [6, 6.07) is 4.89. The number of thiazole rings is 1. The molecule has 0 saturated carbocycles. The molecule has 0 aliphatic rings. The van der Waals surface area contributed by atoms with Gasteiger partial charge in [-0.1, -0.05) is 11.3 Å². The molecule has 0 atom stereocenters. The van der Waals surface area contributed by atoms with Crippen molar-refractivity contribution in [2.45, 2.75) is 6.92 Å². The summed E-state index contributed by atoms with van der Waals surface area (Å²) in [5.41, 5.74) is 0.359. The Morgan fingerprint density at radius 2 is 2.00 bits per heavy atom. The van der Waals surface area contributed by atoms with Crippen molar-refractivity contribution in [1.29, 1.82) is 0 Å². The van der Waals surface area contributed by atoms with Crippen molar-refractivity contribution < 1.29 is 19.1 Å². The fourth-order valence-electron chi connectivity index (χ4n) is 1.65. The van der Waals surface area contributed by atoms with E-state index in [-0.39, 0.29) is 11.7 Å². The number of benzene rings is 1. The maximum Gasteiger partial charge on any atom is 0.261 e. The Bertz CT molecular complexity index is 681. The van der Waals surface area contributed by atoms with Gasteiger partial charge in [0.05, 0.1) is 30.9 Å².